The van der Waals surface area contributed by atoms with Crippen LogP contribution in [0.3, 0.4) is 0 Å². The van der Waals surface area contributed by atoms with Crippen molar-refractivity contribution in [3.05, 3.63) is 71.7 Å². The summed E-state index contributed by atoms with van der Waals surface area (Å²) in [6.45, 7) is -0.788. The first-order valence-corrected chi connectivity index (χ1v) is 10.7. The molecule has 8 heteroatoms. The van der Waals surface area contributed by atoms with Crippen molar-refractivity contribution in [3.63, 3.8) is 0 Å². The molecule has 170 valence electrons. The van der Waals surface area contributed by atoms with Gasteiger partial charge in [-0.1, -0.05) is 30.3 Å². The summed E-state index contributed by atoms with van der Waals surface area (Å²) in [7, 11) is 0. The Labute approximate surface area is 183 Å². The van der Waals surface area contributed by atoms with Crippen molar-refractivity contribution in [2.75, 3.05) is 6.54 Å². The Balaban J connectivity index is 1.48. The minimum absolute atomic E-state index is 0.0231. The van der Waals surface area contributed by atoms with Crippen LogP contribution in [0, 0.1) is 5.82 Å². The number of aromatic nitrogens is 1. The number of carbonyl (C=O) groups is 1. The van der Waals surface area contributed by atoms with Crippen LogP contribution >= 0.6 is 0 Å². The number of carbonyl (C=O) groups excluding carboxylic acids is 1. The van der Waals surface area contributed by atoms with Gasteiger partial charge < -0.3 is 15.2 Å². The number of nitrogens with one attached hydrogen (secondary N) is 2. The van der Waals surface area contributed by atoms with E-state index in [1.165, 1.54) is 12.1 Å². The molecule has 0 aliphatic heterocycles. The molecule has 0 spiro atoms. The maximum atomic E-state index is 13.4. The molecule has 1 fully saturated rings. The lowest BCUT2D eigenvalue weighted by Crippen LogP contribution is -2.50. The molecule has 1 amide bonds. The first-order valence-electron chi connectivity index (χ1n) is 10.7. The zero-order valence-electron chi connectivity index (χ0n) is 17.5. The van der Waals surface area contributed by atoms with Gasteiger partial charge in [0.1, 0.15) is 18.1 Å². The molecular formula is C24H25F4N3O. The van der Waals surface area contributed by atoms with Gasteiger partial charge in [0.25, 0.3) is 5.91 Å². The lowest BCUT2D eigenvalue weighted by atomic mass is 9.89. The van der Waals surface area contributed by atoms with Crippen molar-refractivity contribution < 1.29 is 22.4 Å². The second-order valence-electron chi connectivity index (χ2n) is 8.34. The third-order valence-corrected chi connectivity index (χ3v) is 5.97. The fourth-order valence-electron chi connectivity index (χ4n) is 4.40. The highest BCUT2D eigenvalue weighted by Gasteiger charge is 2.39. The summed E-state index contributed by atoms with van der Waals surface area (Å²) in [5, 5.41) is 4.14. The fourth-order valence-corrected chi connectivity index (χ4v) is 4.40. The summed E-state index contributed by atoms with van der Waals surface area (Å²) in [6.07, 6.45) is -1.99. The molecule has 4 rings (SSSR count). The van der Waals surface area contributed by atoms with E-state index in [9.17, 15) is 22.4 Å². The van der Waals surface area contributed by atoms with Gasteiger partial charge in [-0.25, -0.2) is 4.39 Å². The molecule has 2 N–H and O–H groups in total. The number of alkyl halides is 3. The minimum Gasteiger partial charge on any atom is -0.351 e. The van der Waals surface area contributed by atoms with E-state index in [4.69, 9.17) is 0 Å². The zero-order chi connectivity index (χ0) is 22.7. The van der Waals surface area contributed by atoms with Crippen molar-refractivity contribution in [1.82, 2.24) is 15.2 Å². The third kappa shape index (κ3) is 5.48. The van der Waals surface area contributed by atoms with E-state index in [2.05, 4.69) is 10.3 Å². The quantitative estimate of drug-likeness (QED) is 0.496. The van der Waals surface area contributed by atoms with Crippen molar-refractivity contribution in [2.24, 2.45) is 0 Å². The lowest BCUT2D eigenvalue weighted by Gasteiger charge is -2.38. The van der Waals surface area contributed by atoms with Crippen molar-refractivity contribution in [2.45, 2.75) is 50.5 Å². The summed E-state index contributed by atoms with van der Waals surface area (Å²) in [5.41, 5.74) is 1.77. The molecule has 1 heterocycles. The molecule has 2 atom stereocenters. The summed E-state index contributed by atoms with van der Waals surface area (Å²) < 4.78 is 53.3. The lowest BCUT2D eigenvalue weighted by molar-refractivity contribution is -0.146. The molecule has 0 bridgehead atoms. The van der Waals surface area contributed by atoms with E-state index >= 15 is 0 Å². The summed E-state index contributed by atoms with van der Waals surface area (Å²) in [6, 6.07) is 14.4. The van der Waals surface area contributed by atoms with E-state index in [0.717, 1.165) is 28.7 Å². The van der Waals surface area contributed by atoms with Crippen LogP contribution < -0.4 is 5.32 Å². The largest absolute Gasteiger partial charge is 0.406 e. The number of hydrogen-bond acceptors (Lipinski definition) is 2. The summed E-state index contributed by atoms with van der Waals surface area (Å²) >= 11 is 0. The molecule has 32 heavy (non-hydrogen) atoms. The first-order chi connectivity index (χ1) is 15.3. The molecule has 2 aromatic carbocycles. The molecule has 1 saturated carbocycles. The Kier molecular flexibility index (Phi) is 6.50. The average molecular weight is 447 g/mol. The van der Waals surface area contributed by atoms with Gasteiger partial charge in [0.05, 0.1) is 0 Å². The first kappa shape index (κ1) is 22.3. The normalized spacial score (nSPS) is 19.2. The maximum Gasteiger partial charge on any atom is 0.406 e. The maximum absolute atomic E-state index is 13.4. The number of para-hydroxylation sites is 1. The van der Waals surface area contributed by atoms with Crippen LogP contribution in [0.2, 0.25) is 0 Å². The number of benzene rings is 2. The smallest absolute Gasteiger partial charge is 0.351 e. The Morgan fingerprint density at radius 1 is 1.09 bits per heavy atom. The van der Waals surface area contributed by atoms with Gasteiger partial charge in [0, 0.05) is 29.5 Å². The average Bonchev–Trinajstić information content (AvgIpc) is 3.21. The van der Waals surface area contributed by atoms with Gasteiger partial charge in [0.15, 0.2) is 0 Å². The highest BCUT2D eigenvalue weighted by atomic mass is 19.4. The van der Waals surface area contributed by atoms with Gasteiger partial charge in [-0.05, 0) is 55.5 Å². The molecule has 0 saturated heterocycles. The van der Waals surface area contributed by atoms with E-state index in [1.54, 1.807) is 30.3 Å². The Hall–Kier alpha value is -2.87. The number of H-pyrrole nitrogens is 1. The standard InChI is InChI=1S/C24H25F4N3O/c25-18-10-8-16(9-11-18)14-29-19-5-3-6-20(13-19)31(15-24(26,27)28)23(32)22-12-17-4-1-2-7-21(17)30-22/h1-2,4,7-12,19-20,29-30H,3,5-6,13-15H2/t19-,20-/m0/s1. The van der Waals surface area contributed by atoms with Crippen LogP contribution in [-0.4, -0.2) is 40.6 Å². The number of hydrogen-bond donors (Lipinski definition) is 2. The van der Waals surface area contributed by atoms with E-state index < -0.39 is 24.7 Å². The minimum atomic E-state index is -4.49. The number of nitrogens with zero attached hydrogens (tertiary/aromatic N) is 1. The monoisotopic (exact) mass is 447 g/mol. The predicted octanol–water partition coefficient (Wildman–Crippen LogP) is 5.41. The summed E-state index contributed by atoms with van der Waals surface area (Å²) in [5.74, 6) is -0.951. The molecule has 3 aromatic rings. The van der Waals surface area contributed by atoms with Crippen molar-refractivity contribution in [1.29, 1.82) is 0 Å². The third-order valence-electron chi connectivity index (χ3n) is 5.97. The number of aromatic amines is 1. The number of amides is 1. The Morgan fingerprint density at radius 3 is 2.56 bits per heavy atom. The molecular weight excluding hydrogens is 422 g/mol. The van der Waals surface area contributed by atoms with Crippen molar-refractivity contribution >= 4 is 16.8 Å². The number of fused-ring (bicyclic) bond motifs is 1. The van der Waals surface area contributed by atoms with E-state index in [-0.39, 0.29) is 17.6 Å². The zero-order valence-corrected chi connectivity index (χ0v) is 17.5. The topological polar surface area (TPSA) is 48.1 Å². The van der Waals surface area contributed by atoms with E-state index in [0.29, 0.717) is 24.9 Å². The second-order valence-corrected chi connectivity index (χ2v) is 8.34. The molecule has 1 aromatic heterocycles. The number of halogens is 4. The Bertz CT molecular complexity index is 1030. The van der Waals surface area contributed by atoms with Gasteiger partial charge in [-0.3, -0.25) is 4.79 Å². The molecule has 1 aliphatic carbocycles. The second kappa shape index (κ2) is 9.32. The van der Waals surface area contributed by atoms with Crippen LogP contribution in [-0.2, 0) is 6.54 Å². The highest BCUT2D eigenvalue weighted by Crippen LogP contribution is 2.29. The Morgan fingerprint density at radius 2 is 1.84 bits per heavy atom. The van der Waals surface area contributed by atoms with Crippen molar-refractivity contribution in [3.8, 4) is 0 Å². The molecule has 0 unspecified atom stereocenters. The summed E-state index contributed by atoms with van der Waals surface area (Å²) in [4.78, 5) is 17.1. The highest BCUT2D eigenvalue weighted by molar-refractivity contribution is 5.98. The van der Waals surface area contributed by atoms with Crippen LogP contribution in [0.25, 0.3) is 10.9 Å². The van der Waals surface area contributed by atoms with Gasteiger partial charge >= 0.3 is 6.18 Å². The van der Waals surface area contributed by atoms with E-state index in [1.807, 2.05) is 12.1 Å². The van der Waals surface area contributed by atoms with Crippen LogP contribution in [0.15, 0.2) is 54.6 Å². The van der Waals surface area contributed by atoms with Gasteiger partial charge in [-0.2, -0.15) is 13.2 Å². The van der Waals surface area contributed by atoms with Gasteiger partial charge in [0.2, 0.25) is 0 Å². The SMILES string of the molecule is O=C(c1cc2ccccc2[nH]1)N(CC(F)(F)F)[C@H]1CCC[C@H](NCc2ccc(F)cc2)C1. The predicted molar refractivity (Wildman–Crippen MR) is 115 cm³/mol. The fraction of sp³-hybridized carbons (Fsp3) is 0.375. The van der Waals surface area contributed by atoms with Crippen LogP contribution in [0.1, 0.15) is 41.7 Å². The molecule has 1 aliphatic rings. The van der Waals surface area contributed by atoms with Gasteiger partial charge in [-0.15, -0.1) is 0 Å². The van der Waals surface area contributed by atoms with Crippen LogP contribution in [0.5, 0.6) is 0 Å². The molecule has 0 radical (unpaired) electrons. The van der Waals surface area contributed by atoms with Crippen LogP contribution in [0.4, 0.5) is 17.6 Å². The number of rotatable bonds is 6. The molecule has 4 nitrogen and oxygen atoms in total.